The Morgan fingerprint density at radius 1 is 1.40 bits per heavy atom. The van der Waals surface area contributed by atoms with Crippen molar-refractivity contribution in [2.24, 2.45) is 0 Å². The number of rotatable bonds is 5. The van der Waals surface area contributed by atoms with E-state index in [2.05, 4.69) is 22.6 Å². The lowest BCUT2D eigenvalue weighted by molar-refractivity contribution is 0.0561. The van der Waals surface area contributed by atoms with Gasteiger partial charge in [-0.2, -0.15) is 0 Å². The number of halogens is 3. The third kappa shape index (κ3) is 3.59. The highest BCUT2D eigenvalue weighted by molar-refractivity contribution is 14.1. The van der Waals surface area contributed by atoms with Crippen LogP contribution in [0.5, 0.6) is 0 Å². The second kappa shape index (κ2) is 7.29. The van der Waals surface area contributed by atoms with Gasteiger partial charge in [-0.25, -0.2) is 0 Å². The van der Waals surface area contributed by atoms with Crippen LogP contribution in [0.15, 0.2) is 12.1 Å². The van der Waals surface area contributed by atoms with E-state index in [4.69, 9.17) is 28.3 Å². The Morgan fingerprint density at radius 2 is 2.10 bits per heavy atom. The number of aliphatic hydroxyl groups excluding tert-OH is 1. The summed E-state index contributed by atoms with van der Waals surface area (Å²) in [6.45, 7) is 0.657. The van der Waals surface area contributed by atoms with Gasteiger partial charge >= 0.3 is 0 Å². The van der Waals surface area contributed by atoms with E-state index < -0.39 is 0 Å². The van der Waals surface area contributed by atoms with Crippen LogP contribution >= 0.6 is 45.8 Å². The van der Waals surface area contributed by atoms with Crippen LogP contribution in [0.3, 0.4) is 0 Å². The first kappa shape index (κ1) is 16.3. The highest BCUT2D eigenvalue weighted by Crippen LogP contribution is 2.31. The Balaban J connectivity index is 2.26. The van der Waals surface area contributed by atoms with Crippen LogP contribution in [0.1, 0.15) is 36.0 Å². The Bertz CT molecular complexity index is 506. The van der Waals surface area contributed by atoms with E-state index in [1.165, 1.54) is 0 Å². The third-order valence-corrected chi connectivity index (χ3v) is 5.55. The minimum Gasteiger partial charge on any atom is -0.396 e. The standard InChI is InChI=1S/C14H16Cl2INO2/c15-9-7-11(13(17)12(16)8-9)14(20)18(5-2-6-19)10-3-1-4-10/h7-8,10,19H,1-6H2. The van der Waals surface area contributed by atoms with Gasteiger partial charge in [-0.05, 0) is 60.4 Å². The number of aliphatic hydroxyl groups is 1. The van der Waals surface area contributed by atoms with Gasteiger partial charge < -0.3 is 10.0 Å². The first-order chi connectivity index (χ1) is 9.54. The molecule has 0 bridgehead atoms. The summed E-state index contributed by atoms with van der Waals surface area (Å²) in [5, 5.41) is 9.97. The monoisotopic (exact) mass is 427 g/mol. The summed E-state index contributed by atoms with van der Waals surface area (Å²) in [5.74, 6) is -0.0445. The molecule has 0 aromatic heterocycles. The molecule has 110 valence electrons. The van der Waals surface area contributed by atoms with E-state index in [-0.39, 0.29) is 18.6 Å². The van der Waals surface area contributed by atoms with Crippen molar-refractivity contribution >= 4 is 51.7 Å². The van der Waals surface area contributed by atoms with Crippen molar-refractivity contribution < 1.29 is 9.90 Å². The fraction of sp³-hybridized carbons (Fsp3) is 0.500. The molecule has 1 aliphatic rings. The van der Waals surface area contributed by atoms with Crippen molar-refractivity contribution in [2.75, 3.05) is 13.2 Å². The molecule has 0 unspecified atom stereocenters. The van der Waals surface area contributed by atoms with Crippen LogP contribution in [-0.4, -0.2) is 35.1 Å². The molecule has 20 heavy (non-hydrogen) atoms. The molecule has 2 rings (SSSR count). The lowest BCUT2D eigenvalue weighted by Crippen LogP contribution is -2.45. The third-order valence-electron chi connectivity index (χ3n) is 3.56. The predicted octanol–water partition coefficient (Wildman–Crippen LogP) is 3.98. The zero-order chi connectivity index (χ0) is 14.7. The molecule has 0 saturated heterocycles. The minimum absolute atomic E-state index is 0.0445. The zero-order valence-electron chi connectivity index (χ0n) is 10.9. The van der Waals surface area contributed by atoms with E-state index in [1.807, 2.05) is 4.90 Å². The maximum atomic E-state index is 12.7. The molecule has 0 heterocycles. The van der Waals surface area contributed by atoms with Gasteiger partial charge in [0.1, 0.15) is 0 Å². The lowest BCUT2D eigenvalue weighted by Gasteiger charge is -2.38. The molecule has 1 fully saturated rings. The van der Waals surface area contributed by atoms with E-state index in [9.17, 15) is 4.79 Å². The molecule has 0 radical (unpaired) electrons. The predicted molar refractivity (Wildman–Crippen MR) is 89.6 cm³/mol. The number of carbonyl (C=O) groups is 1. The maximum Gasteiger partial charge on any atom is 0.255 e. The summed E-state index contributed by atoms with van der Waals surface area (Å²) < 4.78 is 0.729. The van der Waals surface area contributed by atoms with Gasteiger partial charge in [0.25, 0.3) is 5.91 Å². The summed E-state index contributed by atoms with van der Waals surface area (Å²) in [5.41, 5.74) is 0.549. The van der Waals surface area contributed by atoms with Crippen molar-refractivity contribution in [1.82, 2.24) is 4.90 Å². The van der Waals surface area contributed by atoms with Crippen LogP contribution in [0.2, 0.25) is 10.0 Å². The molecule has 0 atom stereocenters. The van der Waals surface area contributed by atoms with E-state index in [0.29, 0.717) is 28.6 Å². The second-order valence-corrected chi connectivity index (χ2v) is 6.83. The number of carbonyl (C=O) groups excluding carboxylic acids is 1. The maximum absolute atomic E-state index is 12.7. The summed E-state index contributed by atoms with van der Waals surface area (Å²) in [6.07, 6.45) is 3.80. The summed E-state index contributed by atoms with van der Waals surface area (Å²) in [4.78, 5) is 14.6. The van der Waals surface area contributed by atoms with Crippen LogP contribution < -0.4 is 0 Å². The van der Waals surface area contributed by atoms with Gasteiger partial charge in [-0.3, -0.25) is 4.79 Å². The number of nitrogens with zero attached hydrogens (tertiary/aromatic N) is 1. The molecule has 1 amide bonds. The van der Waals surface area contributed by atoms with Gasteiger partial charge in [0, 0.05) is 27.8 Å². The molecule has 6 heteroatoms. The van der Waals surface area contributed by atoms with Crippen molar-refractivity contribution in [3.05, 3.63) is 31.3 Å². The van der Waals surface area contributed by atoms with Crippen molar-refractivity contribution in [3.8, 4) is 0 Å². The van der Waals surface area contributed by atoms with Crippen molar-refractivity contribution in [3.63, 3.8) is 0 Å². The molecule has 3 nitrogen and oxygen atoms in total. The molecule has 1 N–H and O–H groups in total. The topological polar surface area (TPSA) is 40.5 Å². The fourth-order valence-electron chi connectivity index (χ4n) is 2.26. The molecule has 0 spiro atoms. The molecule has 1 aliphatic carbocycles. The van der Waals surface area contributed by atoms with Crippen LogP contribution in [-0.2, 0) is 0 Å². The Kier molecular flexibility index (Phi) is 5.95. The van der Waals surface area contributed by atoms with Crippen LogP contribution in [0, 0.1) is 3.57 Å². The van der Waals surface area contributed by atoms with Gasteiger partial charge in [0.15, 0.2) is 0 Å². The van der Waals surface area contributed by atoms with Crippen molar-refractivity contribution in [1.29, 1.82) is 0 Å². The second-order valence-electron chi connectivity index (χ2n) is 4.91. The molecular weight excluding hydrogens is 412 g/mol. The van der Waals surface area contributed by atoms with Crippen LogP contribution in [0.4, 0.5) is 0 Å². The molecule has 1 aromatic rings. The fourth-order valence-corrected chi connectivity index (χ4v) is 3.29. The first-order valence-electron chi connectivity index (χ1n) is 6.61. The quantitative estimate of drug-likeness (QED) is 0.570. The summed E-state index contributed by atoms with van der Waals surface area (Å²) in [6, 6.07) is 3.59. The van der Waals surface area contributed by atoms with Gasteiger partial charge in [0.2, 0.25) is 0 Å². The number of hydrogen-bond acceptors (Lipinski definition) is 2. The van der Waals surface area contributed by atoms with Gasteiger partial charge in [-0.15, -0.1) is 0 Å². The Labute approximate surface area is 142 Å². The summed E-state index contributed by atoms with van der Waals surface area (Å²) in [7, 11) is 0. The minimum atomic E-state index is -0.0445. The van der Waals surface area contributed by atoms with Gasteiger partial charge in [-0.1, -0.05) is 23.2 Å². The summed E-state index contributed by atoms with van der Waals surface area (Å²) >= 11 is 14.2. The SMILES string of the molecule is O=C(c1cc(Cl)cc(Cl)c1I)N(CCCO)C1CCC1. The number of amides is 1. The van der Waals surface area contributed by atoms with Crippen molar-refractivity contribution in [2.45, 2.75) is 31.7 Å². The zero-order valence-corrected chi connectivity index (χ0v) is 14.6. The van der Waals surface area contributed by atoms with E-state index in [0.717, 1.165) is 22.8 Å². The Hall–Kier alpha value is -0.0400. The van der Waals surface area contributed by atoms with Gasteiger partial charge in [0.05, 0.1) is 10.6 Å². The Morgan fingerprint density at radius 3 is 2.65 bits per heavy atom. The molecule has 0 aliphatic heterocycles. The molecule has 1 aromatic carbocycles. The number of benzene rings is 1. The first-order valence-corrected chi connectivity index (χ1v) is 8.44. The lowest BCUT2D eigenvalue weighted by atomic mass is 9.90. The van der Waals surface area contributed by atoms with Crippen LogP contribution in [0.25, 0.3) is 0 Å². The highest BCUT2D eigenvalue weighted by atomic mass is 127. The average molecular weight is 428 g/mol. The molecular formula is C14H16Cl2INO2. The largest absolute Gasteiger partial charge is 0.396 e. The number of hydrogen-bond donors (Lipinski definition) is 1. The molecule has 1 saturated carbocycles. The highest BCUT2D eigenvalue weighted by Gasteiger charge is 2.30. The smallest absolute Gasteiger partial charge is 0.255 e. The normalized spacial score (nSPS) is 15.0. The average Bonchev–Trinajstić information content (AvgIpc) is 2.35. The van der Waals surface area contributed by atoms with E-state index in [1.54, 1.807) is 12.1 Å². The van der Waals surface area contributed by atoms with E-state index >= 15 is 0 Å².